The summed E-state index contributed by atoms with van der Waals surface area (Å²) in [5.74, 6) is 0. The number of nitrogens with zero attached hydrogens (tertiary/aromatic N) is 3. The first-order valence-corrected chi connectivity index (χ1v) is 10.1. The van der Waals surface area contributed by atoms with E-state index in [2.05, 4.69) is 89.2 Å². The van der Waals surface area contributed by atoms with Gasteiger partial charge in [0.15, 0.2) is 0 Å². The first kappa shape index (κ1) is 17.7. The van der Waals surface area contributed by atoms with Crippen LogP contribution >= 0.6 is 0 Å². The van der Waals surface area contributed by atoms with Crippen LogP contribution in [0.15, 0.2) is 60.7 Å². The molecule has 0 amide bonds. The van der Waals surface area contributed by atoms with E-state index in [-0.39, 0.29) is 0 Å². The van der Waals surface area contributed by atoms with Crippen molar-refractivity contribution in [2.24, 2.45) is 0 Å². The molecule has 138 valence electrons. The highest BCUT2D eigenvalue weighted by atomic mass is 15.4. The van der Waals surface area contributed by atoms with Crippen LogP contribution in [0.2, 0.25) is 0 Å². The van der Waals surface area contributed by atoms with Gasteiger partial charge in [-0.3, -0.25) is 14.7 Å². The third-order valence-electron chi connectivity index (χ3n) is 6.21. The lowest BCUT2D eigenvalue weighted by atomic mass is 9.92. The Labute approximate surface area is 158 Å². The maximum Gasteiger partial charge on any atom is 0.0602 e. The van der Waals surface area contributed by atoms with Gasteiger partial charge in [0, 0.05) is 44.8 Å². The first-order chi connectivity index (χ1) is 12.8. The lowest BCUT2D eigenvalue weighted by Crippen LogP contribution is -2.65. The molecule has 0 unspecified atom stereocenters. The Bertz CT molecular complexity index is 642. The summed E-state index contributed by atoms with van der Waals surface area (Å²) in [4.78, 5) is 7.97. The van der Waals surface area contributed by atoms with Crippen LogP contribution in [0.1, 0.15) is 31.0 Å². The Morgan fingerprint density at radius 2 is 1.42 bits per heavy atom. The molecule has 4 rings (SSSR count). The predicted octanol–water partition coefficient (Wildman–Crippen LogP) is 3.49. The fourth-order valence-electron chi connectivity index (χ4n) is 4.64. The van der Waals surface area contributed by atoms with E-state index in [1.165, 1.54) is 50.4 Å². The molecule has 2 saturated heterocycles. The van der Waals surface area contributed by atoms with Gasteiger partial charge in [-0.1, -0.05) is 67.6 Å². The molecule has 3 heteroatoms. The van der Waals surface area contributed by atoms with Gasteiger partial charge in [-0.25, -0.2) is 0 Å². The van der Waals surface area contributed by atoms with Crippen LogP contribution in [-0.2, 0) is 0 Å². The highest BCUT2D eigenvalue weighted by Gasteiger charge is 2.38. The van der Waals surface area contributed by atoms with Crippen LogP contribution in [0, 0.1) is 0 Å². The van der Waals surface area contributed by atoms with E-state index in [0.717, 1.165) is 0 Å². The highest BCUT2D eigenvalue weighted by Crippen LogP contribution is 2.34. The molecule has 0 radical (unpaired) electrons. The Balaban J connectivity index is 1.45. The number of piperazine rings is 1. The molecule has 2 heterocycles. The zero-order valence-electron chi connectivity index (χ0n) is 16.1. The molecule has 3 nitrogen and oxygen atoms in total. The zero-order chi connectivity index (χ0) is 17.9. The molecule has 2 aliphatic rings. The van der Waals surface area contributed by atoms with Gasteiger partial charge in [0.2, 0.25) is 0 Å². The largest absolute Gasteiger partial charge is 0.298 e. The summed E-state index contributed by atoms with van der Waals surface area (Å²) in [6.07, 6.45) is 0. The van der Waals surface area contributed by atoms with Crippen molar-refractivity contribution < 1.29 is 0 Å². The standard InChI is InChI=1S/C23H31N3/c1-3-24-14-15-25(16-19(24)2)22-17-26(18-22)23(20-10-6-4-7-11-20)21-12-8-5-9-13-21/h4-13,19,22-23H,3,14-18H2,1-2H3/t19-/m0/s1. The minimum atomic E-state index is 0.378. The van der Waals surface area contributed by atoms with Crippen molar-refractivity contribution in [3.8, 4) is 0 Å². The molecule has 0 spiro atoms. The molecule has 26 heavy (non-hydrogen) atoms. The summed E-state index contributed by atoms with van der Waals surface area (Å²) < 4.78 is 0. The number of hydrogen-bond acceptors (Lipinski definition) is 3. The average molecular weight is 350 g/mol. The molecule has 0 N–H and O–H groups in total. The molecule has 2 aromatic rings. The monoisotopic (exact) mass is 349 g/mol. The van der Waals surface area contributed by atoms with E-state index in [0.29, 0.717) is 18.1 Å². The molecule has 2 aromatic carbocycles. The first-order valence-electron chi connectivity index (χ1n) is 10.1. The second kappa shape index (κ2) is 7.91. The van der Waals surface area contributed by atoms with Gasteiger partial charge in [-0.05, 0) is 24.6 Å². The third-order valence-corrected chi connectivity index (χ3v) is 6.21. The Morgan fingerprint density at radius 1 is 0.846 bits per heavy atom. The average Bonchev–Trinajstić information content (AvgIpc) is 2.65. The van der Waals surface area contributed by atoms with Gasteiger partial charge in [0.25, 0.3) is 0 Å². The van der Waals surface area contributed by atoms with Crippen LogP contribution in [0.5, 0.6) is 0 Å². The molecule has 2 fully saturated rings. The van der Waals surface area contributed by atoms with Crippen molar-refractivity contribution in [3.05, 3.63) is 71.8 Å². The van der Waals surface area contributed by atoms with Gasteiger partial charge >= 0.3 is 0 Å². The summed E-state index contributed by atoms with van der Waals surface area (Å²) in [5.41, 5.74) is 2.81. The number of likely N-dealkylation sites (N-methyl/N-ethyl adjacent to an activating group) is 1. The molecule has 1 atom stereocenters. The van der Waals surface area contributed by atoms with Crippen LogP contribution in [0.4, 0.5) is 0 Å². The van der Waals surface area contributed by atoms with Gasteiger partial charge in [0.05, 0.1) is 6.04 Å². The molecule has 0 bridgehead atoms. The molecular weight excluding hydrogens is 318 g/mol. The van der Waals surface area contributed by atoms with E-state index in [4.69, 9.17) is 0 Å². The molecule has 0 aromatic heterocycles. The summed E-state index contributed by atoms with van der Waals surface area (Å²) in [7, 11) is 0. The third kappa shape index (κ3) is 3.57. The second-order valence-corrected chi connectivity index (χ2v) is 7.80. The Morgan fingerprint density at radius 3 is 1.92 bits per heavy atom. The van der Waals surface area contributed by atoms with Crippen LogP contribution in [0.3, 0.4) is 0 Å². The molecule has 0 aliphatic carbocycles. The predicted molar refractivity (Wildman–Crippen MR) is 108 cm³/mol. The summed E-state index contributed by atoms with van der Waals surface area (Å²) in [6, 6.07) is 23.7. The van der Waals surface area contributed by atoms with Crippen molar-refractivity contribution in [1.29, 1.82) is 0 Å². The van der Waals surface area contributed by atoms with Gasteiger partial charge < -0.3 is 0 Å². The smallest absolute Gasteiger partial charge is 0.0602 e. The maximum atomic E-state index is 2.72. The van der Waals surface area contributed by atoms with E-state index in [1.54, 1.807) is 0 Å². The van der Waals surface area contributed by atoms with Crippen LogP contribution in [0.25, 0.3) is 0 Å². The highest BCUT2D eigenvalue weighted by molar-refractivity contribution is 5.32. The summed E-state index contributed by atoms with van der Waals surface area (Å²) in [5, 5.41) is 0. The zero-order valence-corrected chi connectivity index (χ0v) is 16.1. The minimum absolute atomic E-state index is 0.378. The molecular formula is C23H31N3. The number of benzene rings is 2. The van der Waals surface area contributed by atoms with E-state index >= 15 is 0 Å². The van der Waals surface area contributed by atoms with E-state index < -0.39 is 0 Å². The number of rotatable bonds is 5. The fourth-order valence-corrected chi connectivity index (χ4v) is 4.64. The molecule has 2 aliphatic heterocycles. The lowest BCUT2D eigenvalue weighted by molar-refractivity contribution is -0.0232. The van der Waals surface area contributed by atoms with Gasteiger partial charge in [-0.2, -0.15) is 0 Å². The van der Waals surface area contributed by atoms with E-state index in [1.807, 2.05) is 0 Å². The summed E-state index contributed by atoms with van der Waals surface area (Å²) >= 11 is 0. The van der Waals surface area contributed by atoms with Crippen molar-refractivity contribution in [2.45, 2.75) is 32.0 Å². The minimum Gasteiger partial charge on any atom is -0.298 e. The Kier molecular flexibility index (Phi) is 5.39. The van der Waals surface area contributed by atoms with Gasteiger partial charge in [0.1, 0.15) is 0 Å². The van der Waals surface area contributed by atoms with E-state index in [9.17, 15) is 0 Å². The molecule has 0 saturated carbocycles. The van der Waals surface area contributed by atoms with Crippen LogP contribution < -0.4 is 0 Å². The lowest BCUT2D eigenvalue weighted by Gasteiger charge is -2.52. The van der Waals surface area contributed by atoms with Crippen molar-refractivity contribution in [1.82, 2.24) is 14.7 Å². The quantitative estimate of drug-likeness (QED) is 0.818. The van der Waals surface area contributed by atoms with Gasteiger partial charge in [-0.15, -0.1) is 0 Å². The Hall–Kier alpha value is -1.68. The summed E-state index contributed by atoms with van der Waals surface area (Å²) in [6.45, 7) is 11.8. The fraction of sp³-hybridized carbons (Fsp3) is 0.478. The van der Waals surface area contributed by atoms with Crippen molar-refractivity contribution in [3.63, 3.8) is 0 Å². The van der Waals surface area contributed by atoms with Crippen molar-refractivity contribution in [2.75, 3.05) is 39.3 Å². The van der Waals surface area contributed by atoms with Crippen LogP contribution in [-0.4, -0.2) is 66.1 Å². The topological polar surface area (TPSA) is 9.72 Å². The SMILES string of the molecule is CCN1CCN(C2CN(C(c3ccccc3)c3ccccc3)C2)C[C@@H]1C. The number of hydrogen-bond donors (Lipinski definition) is 0. The van der Waals surface area contributed by atoms with Crippen molar-refractivity contribution >= 4 is 0 Å². The maximum absolute atomic E-state index is 2.72. The number of likely N-dealkylation sites (tertiary alicyclic amines) is 1. The second-order valence-electron chi connectivity index (χ2n) is 7.80. The normalized spacial score (nSPS) is 23.3.